The first-order valence-electron chi connectivity index (χ1n) is 9.47. The molecule has 3 rings (SSSR count). The zero-order valence-electron chi connectivity index (χ0n) is 17.3. The van der Waals surface area contributed by atoms with Crippen LogP contribution in [-0.2, 0) is 22.5 Å². The third-order valence-corrected chi connectivity index (χ3v) is 4.61. The molecule has 0 aliphatic carbocycles. The number of ether oxygens (including phenoxy) is 1. The Kier molecular flexibility index (Phi) is 6.65. The fraction of sp³-hybridized carbons (Fsp3) is 0.238. The molecule has 1 aromatic carbocycles. The number of methoxy groups -OCH3 is 1. The third kappa shape index (κ3) is 5.17. The average Bonchev–Trinajstić information content (AvgIpc) is 3.19. The van der Waals surface area contributed by atoms with Crippen LogP contribution in [-0.4, -0.2) is 33.7 Å². The number of aromatic amines is 1. The molecule has 0 unspecified atom stereocenters. The summed E-state index contributed by atoms with van der Waals surface area (Å²) in [7, 11) is 1.20. The third-order valence-electron chi connectivity index (χ3n) is 4.61. The predicted molar refractivity (Wildman–Crippen MR) is 112 cm³/mol. The lowest BCUT2D eigenvalue weighted by atomic mass is 10.1. The Morgan fingerprint density at radius 2 is 2.06 bits per heavy atom. The molecule has 32 heavy (non-hydrogen) atoms. The molecular formula is C21H19N5O6. The van der Waals surface area contributed by atoms with E-state index in [-0.39, 0.29) is 42.1 Å². The van der Waals surface area contributed by atoms with Gasteiger partial charge in [0.25, 0.3) is 11.1 Å². The van der Waals surface area contributed by atoms with Crippen LogP contribution in [0.5, 0.6) is 0 Å². The van der Waals surface area contributed by atoms with Gasteiger partial charge >= 0.3 is 6.09 Å². The van der Waals surface area contributed by atoms with E-state index in [0.717, 1.165) is 0 Å². The molecule has 2 N–H and O–H groups in total. The van der Waals surface area contributed by atoms with Gasteiger partial charge in [0, 0.05) is 30.5 Å². The molecule has 0 aliphatic rings. The molecule has 11 heteroatoms. The Labute approximate surface area is 181 Å². The highest BCUT2D eigenvalue weighted by Gasteiger charge is 2.15. The highest BCUT2D eigenvalue weighted by Crippen LogP contribution is 2.27. The second-order valence-electron chi connectivity index (χ2n) is 6.82. The van der Waals surface area contributed by atoms with Crippen molar-refractivity contribution in [1.29, 1.82) is 5.26 Å². The maximum absolute atomic E-state index is 12.7. The number of ketones is 1. The molecule has 1 amide bonds. The van der Waals surface area contributed by atoms with E-state index in [4.69, 9.17) is 9.78 Å². The summed E-state index contributed by atoms with van der Waals surface area (Å²) in [6, 6.07) is 9.02. The monoisotopic (exact) mass is 437 g/mol. The van der Waals surface area contributed by atoms with Crippen molar-refractivity contribution in [2.75, 3.05) is 12.4 Å². The Balaban J connectivity index is 1.85. The molecular weight excluding hydrogens is 418 g/mol. The van der Waals surface area contributed by atoms with Crippen LogP contribution in [0.4, 0.5) is 10.5 Å². The predicted octanol–water partition coefficient (Wildman–Crippen LogP) is 1.75. The number of aromatic nitrogens is 3. The number of H-pyrrole nitrogens is 1. The van der Waals surface area contributed by atoms with Gasteiger partial charge in [0.1, 0.15) is 11.6 Å². The van der Waals surface area contributed by atoms with E-state index in [1.807, 2.05) is 6.07 Å². The van der Waals surface area contributed by atoms with Crippen LogP contribution in [0.3, 0.4) is 0 Å². The lowest BCUT2D eigenvalue weighted by molar-refractivity contribution is -0.119. The molecule has 0 radical (unpaired) electrons. The molecule has 0 saturated heterocycles. The first-order valence-corrected chi connectivity index (χ1v) is 9.47. The van der Waals surface area contributed by atoms with Gasteiger partial charge in [-0.2, -0.15) is 10.4 Å². The van der Waals surface area contributed by atoms with Crippen LogP contribution < -0.4 is 16.4 Å². The van der Waals surface area contributed by atoms with E-state index >= 15 is 0 Å². The smallest absolute Gasteiger partial charge is 0.411 e. The standard InChI is InChI=1S/C21H19N5O6/c1-12-23-18(16-6-3-13(10-22)7-17(16)24-21(30)31-2)9-20(29)26(12)11-14(27)4-5-15-8-19(28)25-32-15/h3,6-9H,4-5,11H2,1-2H3,(H,24,30)(H,25,28). The zero-order valence-corrected chi connectivity index (χ0v) is 17.3. The largest absolute Gasteiger partial charge is 0.453 e. The Morgan fingerprint density at radius 1 is 1.28 bits per heavy atom. The van der Waals surface area contributed by atoms with Crippen molar-refractivity contribution in [2.45, 2.75) is 26.3 Å². The first kappa shape index (κ1) is 22.2. The zero-order chi connectivity index (χ0) is 23.3. The molecule has 0 bridgehead atoms. The number of Topliss-reactive ketones (excluding diaryl/α,β-unsaturated/α-hetero) is 1. The number of nitrogens with zero attached hydrogens (tertiary/aromatic N) is 3. The van der Waals surface area contributed by atoms with Crippen LogP contribution in [0, 0.1) is 18.3 Å². The second kappa shape index (κ2) is 9.57. The molecule has 11 nitrogen and oxygen atoms in total. The summed E-state index contributed by atoms with van der Waals surface area (Å²) >= 11 is 0. The summed E-state index contributed by atoms with van der Waals surface area (Å²) in [4.78, 5) is 52.2. The highest BCUT2D eigenvalue weighted by molar-refractivity contribution is 5.91. The number of hydrogen-bond donors (Lipinski definition) is 2. The maximum Gasteiger partial charge on any atom is 0.411 e. The van der Waals surface area contributed by atoms with Crippen molar-refractivity contribution < 1.29 is 18.8 Å². The molecule has 0 saturated carbocycles. The van der Waals surface area contributed by atoms with Crippen LogP contribution in [0.15, 0.2) is 44.4 Å². The summed E-state index contributed by atoms with van der Waals surface area (Å²) < 4.78 is 10.7. The number of nitrogens with one attached hydrogen (secondary N) is 2. The molecule has 0 fully saturated rings. The van der Waals surface area contributed by atoms with Gasteiger partial charge in [-0.1, -0.05) is 0 Å². The normalized spacial score (nSPS) is 10.4. The number of nitriles is 1. The minimum absolute atomic E-state index is 0.0806. The van der Waals surface area contributed by atoms with Crippen molar-refractivity contribution in [1.82, 2.24) is 14.7 Å². The van der Waals surface area contributed by atoms with Crippen molar-refractivity contribution in [3.05, 3.63) is 68.2 Å². The van der Waals surface area contributed by atoms with E-state index in [0.29, 0.717) is 22.7 Å². The minimum Gasteiger partial charge on any atom is -0.453 e. The number of rotatable bonds is 7. The van der Waals surface area contributed by atoms with Gasteiger partial charge < -0.3 is 9.26 Å². The lowest BCUT2D eigenvalue weighted by Gasteiger charge is -2.13. The van der Waals surface area contributed by atoms with E-state index in [2.05, 4.69) is 20.2 Å². The Bertz CT molecular complexity index is 1330. The van der Waals surface area contributed by atoms with Gasteiger partial charge in [-0.25, -0.2) is 9.78 Å². The molecule has 3 aromatic rings. The number of carbonyl (C=O) groups excluding carboxylic acids is 2. The quantitative estimate of drug-likeness (QED) is 0.565. The van der Waals surface area contributed by atoms with Crippen LogP contribution >= 0.6 is 0 Å². The maximum atomic E-state index is 12.7. The van der Waals surface area contributed by atoms with E-state index in [1.165, 1.54) is 35.9 Å². The summed E-state index contributed by atoms with van der Waals surface area (Å²) in [6.07, 6.45) is -0.433. The Morgan fingerprint density at radius 3 is 2.69 bits per heavy atom. The topological polar surface area (TPSA) is 160 Å². The molecule has 2 heterocycles. The van der Waals surface area contributed by atoms with Crippen molar-refractivity contribution in [2.24, 2.45) is 0 Å². The van der Waals surface area contributed by atoms with Crippen LogP contribution in [0.2, 0.25) is 0 Å². The minimum atomic E-state index is -0.741. The van der Waals surface area contributed by atoms with Gasteiger partial charge in [0.05, 0.1) is 36.7 Å². The molecule has 2 aromatic heterocycles. The first-order chi connectivity index (χ1) is 15.3. The van der Waals surface area contributed by atoms with E-state index in [1.54, 1.807) is 13.0 Å². The van der Waals surface area contributed by atoms with Crippen molar-refractivity contribution in [3.63, 3.8) is 0 Å². The number of hydrogen-bond acceptors (Lipinski definition) is 8. The summed E-state index contributed by atoms with van der Waals surface area (Å²) in [5.74, 6) is 0.412. The Hall–Kier alpha value is -4.46. The highest BCUT2D eigenvalue weighted by atomic mass is 16.5. The fourth-order valence-electron chi connectivity index (χ4n) is 3.02. The van der Waals surface area contributed by atoms with Crippen LogP contribution in [0.25, 0.3) is 11.3 Å². The van der Waals surface area contributed by atoms with E-state index < -0.39 is 11.7 Å². The van der Waals surface area contributed by atoms with Gasteiger partial charge in [0.2, 0.25) is 0 Å². The second-order valence-corrected chi connectivity index (χ2v) is 6.82. The summed E-state index contributed by atoms with van der Waals surface area (Å²) in [5, 5.41) is 13.8. The lowest BCUT2D eigenvalue weighted by Crippen LogP contribution is -2.27. The van der Waals surface area contributed by atoms with Gasteiger partial charge in [-0.3, -0.25) is 24.3 Å². The number of benzene rings is 1. The number of carbonyl (C=O) groups is 2. The summed E-state index contributed by atoms with van der Waals surface area (Å²) in [5.41, 5.74) is 0.389. The molecule has 164 valence electrons. The van der Waals surface area contributed by atoms with Crippen molar-refractivity contribution >= 4 is 17.6 Å². The average molecular weight is 437 g/mol. The van der Waals surface area contributed by atoms with E-state index in [9.17, 15) is 19.2 Å². The van der Waals surface area contributed by atoms with Crippen LogP contribution in [0.1, 0.15) is 23.6 Å². The van der Waals surface area contributed by atoms with Gasteiger partial charge in [-0.15, -0.1) is 0 Å². The van der Waals surface area contributed by atoms with Crippen molar-refractivity contribution in [3.8, 4) is 17.3 Å². The number of aryl methyl sites for hydroxylation is 2. The molecule has 0 aliphatic heterocycles. The number of anilines is 1. The SMILES string of the molecule is COC(=O)Nc1cc(C#N)ccc1-c1cc(=O)n(CC(=O)CCc2cc(=O)[nH]o2)c(C)n1. The van der Waals surface area contributed by atoms with Gasteiger partial charge in [-0.05, 0) is 25.1 Å². The molecule has 0 atom stereocenters. The number of amides is 1. The van der Waals surface area contributed by atoms with Gasteiger partial charge in [0.15, 0.2) is 5.78 Å². The summed E-state index contributed by atoms with van der Waals surface area (Å²) in [6.45, 7) is 1.40. The molecule has 0 spiro atoms. The fourth-order valence-corrected chi connectivity index (χ4v) is 3.02.